The van der Waals surface area contributed by atoms with Crippen LogP contribution in [-0.4, -0.2) is 33.1 Å². The van der Waals surface area contributed by atoms with Crippen LogP contribution in [0.15, 0.2) is 84.0 Å². The topological polar surface area (TPSA) is 97.3 Å². The van der Waals surface area contributed by atoms with Crippen molar-refractivity contribution in [3.8, 4) is 11.5 Å². The zero-order valence-corrected chi connectivity index (χ0v) is 19.8. The Morgan fingerprint density at radius 2 is 1.78 bits per heavy atom. The lowest BCUT2D eigenvalue weighted by Gasteiger charge is -2.38. The van der Waals surface area contributed by atoms with Crippen molar-refractivity contribution in [3.05, 3.63) is 95.6 Å². The molecule has 3 aromatic rings. The molecule has 8 nitrogen and oxygen atoms in total. The van der Waals surface area contributed by atoms with E-state index in [0.717, 1.165) is 46.3 Å². The number of amides is 2. The quantitative estimate of drug-likeness (QED) is 0.406. The molecular weight excluding hydrogens is 478 g/mol. The number of benzene rings is 3. The Hall–Kier alpha value is -4.11. The summed E-state index contributed by atoms with van der Waals surface area (Å²) in [5.41, 5.74) is 4.05. The van der Waals surface area contributed by atoms with Crippen molar-refractivity contribution in [2.24, 2.45) is 5.10 Å². The second kappa shape index (κ2) is 9.16. The molecule has 6 rings (SSSR count). The average Bonchev–Trinajstić information content (AvgIpc) is 3.47. The fourth-order valence-corrected chi connectivity index (χ4v) is 5.42. The first-order valence-corrected chi connectivity index (χ1v) is 12.4. The Morgan fingerprint density at radius 3 is 2.53 bits per heavy atom. The summed E-state index contributed by atoms with van der Waals surface area (Å²) in [6, 6.07) is 25.2. The second-order valence-corrected chi connectivity index (χ2v) is 9.83. The third-order valence-electron chi connectivity index (χ3n) is 6.32. The smallest absolute Gasteiger partial charge is 0.312 e. The van der Waals surface area contributed by atoms with E-state index in [2.05, 4.69) is 23.5 Å². The van der Waals surface area contributed by atoms with Gasteiger partial charge in [-0.2, -0.15) is 5.10 Å². The first kappa shape index (κ1) is 22.4. The second-order valence-electron chi connectivity index (χ2n) is 8.65. The van der Waals surface area contributed by atoms with Crippen LogP contribution in [-0.2, 0) is 9.59 Å². The Kier molecular flexibility index (Phi) is 5.69. The third-order valence-corrected chi connectivity index (χ3v) is 7.30. The summed E-state index contributed by atoms with van der Waals surface area (Å²) in [5.74, 6) is 0.124. The summed E-state index contributed by atoms with van der Waals surface area (Å²) in [4.78, 5) is 35.3. The molecule has 3 heterocycles. The summed E-state index contributed by atoms with van der Waals surface area (Å²) in [6.45, 7) is 0. The van der Waals surface area contributed by atoms with Crippen molar-refractivity contribution >= 4 is 34.6 Å². The predicted molar refractivity (Wildman–Crippen MR) is 134 cm³/mol. The van der Waals surface area contributed by atoms with Gasteiger partial charge < -0.3 is 9.47 Å². The number of nitrogens with one attached hydrogen (secondary N) is 1. The first-order chi connectivity index (χ1) is 17.5. The molecule has 3 aliphatic rings. The maximum atomic E-state index is 12.3. The Labute approximate surface area is 211 Å². The molecule has 180 valence electrons. The van der Waals surface area contributed by atoms with Gasteiger partial charge in [0.1, 0.15) is 16.7 Å². The predicted octanol–water partition coefficient (Wildman–Crippen LogP) is 4.58. The number of thioether (sulfide) groups is 1. The lowest BCUT2D eigenvalue weighted by Crippen LogP contribution is -2.33. The molecule has 3 atom stereocenters. The van der Waals surface area contributed by atoms with Crippen molar-refractivity contribution in [2.45, 2.75) is 30.4 Å². The van der Waals surface area contributed by atoms with Crippen LogP contribution in [0, 0.1) is 0 Å². The maximum absolute atomic E-state index is 12.3. The lowest BCUT2D eigenvalue weighted by molar-refractivity contribution is -0.135. The number of fused-ring (bicyclic) bond motifs is 3. The van der Waals surface area contributed by atoms with Crippen LogP contribution >= 0.6 is 11.8 Å². The molecule has 9 heteroatoms. The molecule has 0 spiro atoms. The molecule has 36 heavy (non-hydrogen) atoms. The highest BCUT2D eigenvalue weighted by atomic mass is 32.2. The number of ether oxygens (including phenoxy) is 2. The van der Waals surface area contributed by atoms with Crippen molar-refractivity contribution in [1.82, 2.24) is 10.3 Å². The minimum Gasteiger partial charge on any atom is -0.464 e. The van der Waals surface area contributed by atoms with Gasteiger partial charge in [-0.3, -0.25) is 19.7 Å². The van der Waals surface area contributed by atoms with Crippen LogP contribution in [0.4, 0.5) is 4.79 Å². The van der Waals surface area contributed by atoms with Crippen molar-refractivity contribution < 1.29 is 23.9 Å². The van der Waals surface area contributed by atoms with Crippen molar-refractivity contribution in [1.29, 1.82) is 0 Å². The maximum Gasteiger partial charge on any atom is 0.312 e. The number of para-hydroxylation sites is 1. The third kappa shape index (κ3) is 4.22. The molecule has 0 saturated carbocycles. The van der Waals surface area contributed by atoms with E-state index in [1.165, 1.54) is 0 Å². The van der Waals surface area contributed by atoms with E-state index >= 15 is 0 Å². The Morgan fingerprint density at radius 1 is 1.03 bits per heavy atom. The Bertz CT molecular complexity index is 1380. The molecule has 3 aliphatic heterocycles. The molecule has 1 N–H and O–H groups in total. The minimum atomic E-state index is -0.760. The summed E-state index contributed by atoms with van der Waals surface area (Å²) in [6.07, 6.45) is 0.144. The van der Waals surface area contributed by atoms with Crippen LogP contribution in [0.5, 0.6) is 11.5 Å². The number of nitrogens with zero attached hydrogens (tertiary/aromatic N) is 2. The molecule has 1 fully saturated rings. The number of carbonyl (C=O) groups is 3. The standard InChI is InChI=1S/C27H21N3O5S/c31-24(15-23-25(32)28-27(33)36-23)34-18-12-10-17(11-13-18)26-30-21(19-8-4-5-9-22(19)35-26)14-20(29-30)16-6-2-1-3-7-16/h1-13,21,23,26H,14-15H2,(H,28,32,33)/t21-,23-,26-/m1/s1. The fraction of sp³-hybridized carbons (Fsp3) is 0.185. The van der Waals surface area contributed by atoms with Gasteiger partial charge in [0, 0.05) is 17.5 Å². The summed E-state index contributed by atoms with van der Waals surface area (Å²) >= 11 is 0.801. The van der Waals surface area contributed by atoms with Gasteiger partial charge in [0.2, 0.25) is 12.1 Å². The molecule has 0 unspecified atom stereocenters. The van der Waals surface area contributed by atoms with E-state index in [-0.39, 0.29) is 12.5 Å². The fourth-order valence-electron chi connectivity index (χ4n) is 4.61. The van der Waals surface area contributed by atoms with Crippen LogP contribution in [0.3, 0.4) is 0 Å². The van der Waals surface area contributed by atoms with Crippen molar-refractivity contribution in [2.75, 3.05) is 0 Å². The number of rotatable bonds is 5. The first-order valence-electron chi connectivity index (χ1n) is 11.5. The molecular formula is C27H21N3O5S. The summed E-state index contributed by atoms with van der Waals surface area (Å²) in [5, 5.41) is 7.91. The van der Waals surface area contributed by atoms with E-state index in [0.29, 0.717) is 5.75 Å². The van der Waals surface area contributed by atoms with Crippen molar-refractivity contribution in [3.63, 3.8) is 0 Å². The van der Waals surface area contributed by atoms with Gasteiger partial charge in [0.15, 0.2) is 0 Å². The lowest BCUT2D eigenvalue weighted by atomic mass is 9.96. The summed E-state index contributed by atoms with van der Waals surface area (Å²) in [7, 11) is 0. The van der Waals surface area contributed by atoms with E-state index in [1.54, 1.807) is 12.1 Å². The highest BCUT2D eigenvalue weighted by molar-refractivity contribution is 8.15. The van der Waals surface area contributed by atoms with Crippen LogP contribution in [0.1, 0.15) is 41.8 Å². The highest BCUT2D eigenvalue weighted by Gasteiger charge is 2.41. The van der Waals surface area contributed by atoms with Gasteiger partial charge in [-0.25, -0.2) is 5.01 Å². The number of hydrogen-bond donors (Lipinski definition) is 1. The minimum absolute atomic E-state index is 0.0467. The van der Waals surface area contributed by atoms with Gasteiger partial charge in [-0.1, -0.05) is 60.3 Å². The average molecular weight is 500 g/mol. The molecule has 1 saturated heterocycles. The highest BCUT2D eigenvalue weighted by Crippen LogP contribution is 2.47. The molecule has 0 radical (unpaired) electrons. The SMILES string of the molecule is O=C(C[C@H]1SC(=O)NC1=O)Oc1ccc([C@H]2Oc3ccccc3[C@H]3CC(c4ccccc4)=NN32)cc1. The van der Waals surface area contributed by atoms with E-state index < -0.39 is 28.6 Å². The molecule has 0 aromatic heterocycles. The zero-order chi connectivity index (χ0) is 24.6. The van der Waals surface area contributed by atoms with Gasteiger partial charge in [0.05, 0.1) is 18.2 Å². The van der Waals surface area contributed by atoms with Crippen LogP contribution < -0.4 is 14.8 Å². The number of carbonyl (C=O) groups excluding carboxylic acids is 3. The van der Waals surface area contributed by atoms with Gasteiger partial charge in [0.25, 0.3) is 5.24 Å². The normalized spacial score (nSPS) is 22.3. The largest absolute Gasteiger partial charge is 0.464 e. The van der Waals surface area contributed by atoms with E-state index in [9.17, 15) is 14.4 Å². The van der Waals surface area contributed by atoms with Gasteiger partial charge >= 0.3 is 5.97 Å². The zero-order valence-electron chi connectivity index (χ0n) is 19.0. The number of imide groups is 1. The number of esters is 1. The molecule has 3 aromatic carbocycles. The molecule has 2 amide bonds. The Balaban J connectivity index is 1.22. The van der Waals surface area contributed by atoms with E-state index in [1.807, 2.05) is 53.5 Å². The van der Waals surface area contributed by atoms with Crippen LogP contribution in [0.25, 0.3) is 0 Å². The molecule has 0 aliphatic carbocycles. The molecule has 0 bridgehead atoms. The van der Waals surface area contributed by atoms with Gasteiger partial charge in [-0.05, 0) is 35.9 Å². The summed E-state index contributed by atoms with van der Waals surface area (Å²) < 4.78 is 11.8. The van der Waals surface area contributed by atoms with Gasteiger partial charge in [-0.15, -0.1) is 0 Å². The number of hydrogen-bond acceptors (Lipinski definition) is 8. The van der Waals surface area contributed by atoms with E-state index in [4.69, 9.17) is 14.6 Å². The monoisotopic (exact) mass is 499 g/mol. The number of hydrazone groups is 1. The van der Waals surface area contributed by atoms with Crippen LogP contribution in [0.2, 0.25) is 0 Å².